The summed E-state index contributed by atoms with van der Waals surface area (Å²) in [5.41, 5.74) is 2.88. The molecule has 1 unspecified atom stereocenters. The van der Waals surface area contributed by atoms with Crippen molar-refractivity contribution >= 4 is 11.7 Å². The summed E-state index contributed by atoms with van der Waals surface area (Å²) in [7, 11) is 0. The van der Waals surface area contributed by atoms with Crippen molar-refractivity contribution in [1.29, 1.82) is 0 Å². The number of amides is 2. The zero-order chi connectivity index (χ0) is 16.4. The Morgan fingerprint density at radius 1 is 1.39 bits per heavy atom. The normalized spacial score (nSPS) is 17.7. The minimum Gasteiger partial charge on any atom is -0.359 e. The first-order valence-corrected chi connectivity index (χ1v) is 8.15. The van der Waals surface area contributed by atoms with Crippen molar-refractivity contribution in [3.63, 3.8) is 0 Å². The van der Waals surface area contributed by atoms with E-state index in [0.29, 0.717) is 5.92 Å². The number of hydrogen-bond donors (Lipinski definition) is 1. The molecule has 1 aromatic carbocycles. The number of rotatable bonds is 3. The number of hydrogen-bond acceptors (Lipinski definition) is 3. The van der Waals surface area contributed by atoms with Gasteiger partial charge in [-0.25, -0.2) is 4.79 Å². The third-order valence-corrected chi connectivity index (χ3v) is 4.25. The first kappa shape index (κ1) is 15.6. The van der Waals surface area contributed by atoms with Gasteiger partial charge in [-0.2, -0.15) is 0 Å². The average Bonchev–Trinajstić information content (AvgIpc) is 3.16. The molecule has 0 spiro atoms. The van der Waals surface area contributed by atoms with Gasteiger partial charge in [-0.05, 0) is 43.4 Å². The number of carbonyl (C=O) groups is 1. The van der Waals surface area contributed by atoms with E-state index in [1.54, 1.807) is 0 Å². The standard InChI is InChI=1S/C18H23N3O2/c1-12(2)15-11-17(23-20-15)16-8-5-9-21(16)18(22)19-14-7-4-6-13(3)10-14/h4,6-7,10-12,16H,5,8-9H2,1-3H3,(H,19,22). The lowest BCUT2D eigenvalue weighted by Gasteiger charge is -2.23. The molecule has 1 aliphatic heterocycles. The van der Waals surface area contributed by atoms with Crippen LogP contribution in [0, 0.1) is 6.92 Å². The molecule has 3 rings (SSSR count). The molecule has 2 heterocycles. The van der Waals surface area contributed by atoms with Gasteiger partial charge in [0, 0.05) is 18.3 Å². The van der Waals surface area contributed by atoms with Crippen LogP contribution in [0.4, 0.5) is 10.5 Å². The minimum atomic E-state index is -0.0828. The molecular weight excluding hydrogens is 290 g/mol. The highest BCUT2D eigenvalue weighted by molar-refractivity contribution is 5.89. The summed E-state index contributed by atoms with van der Waals surface area (Å²) in [4.78, 5) is 14.4. The molecule has 1 saturated heterocycles. The zero-order valence-electron chi connectivity index (χ0n) is 13.9. The first-order chi connectivity index (χ1) is 11.0. The fourth-order valence-electron chi connectivity index (χ4n) is 2.96. The number of aryl methyl sites for hydroxylation is 1. The molecule has 1 aromatic heterocycles. The van der Waals surface area contributed by atoms with E-state index in [2.05, 4.69) is 24.3 Å². The number of aromatic nitrogens is 1. The predicted octanol–water partition coefficient (Wildman–Crippen LogP) is 4.48. The summed E-state index contributed by atoms with van der Waals surface area (Å²) >= 11 is 0. The van der Waals surface area contributed by atoms with Crippen molar-refractivity contribution < 1.29 is 9.32 Å². The van der Waals surface area contributed by atoms with Crippen LogP contribution in [0.25, 0.3) is 0 Å². The van der Waals surface area contributed by atoms with Crippen LogP contribution in [-0.2, 0) is 0 Å². The highest BCUT2D eigenvalue weighted by atomic mass is 16.5. The van der Waals surface area contributed by atoms with Crippen molar-refractivity contribution in [3.8, 4) is 0 Å². The molecule has 122 valence electrons. The number of urea groups is 1. The van der Waals surface area contributed by atoms with Gasteiger partial charge in [0.2, 0.25) is 0 Å². The molecule has 0 bridgehead atoms. The van der Waals surface area contributed by atoms with E-state index in [1.165, 1.54) is 0 Å². The Bertz CT molecular complexity index is 693. The van der Waals surface area contributed by atoms with E-state index in [4.69, 9.17) is 4.52 Å². The van der Waals surface area contributed by atoms with Crippen LogP contribution >= 0.6 is 0 Å². The van der Waals surface area contributed by atoms with Gasteiger partial charge in [-0.3, -0.25) is 0 Å². The topological polar surface area (TPSA) is 58.4 Å². The molecule has 2 amide bonds. The number of likely N-dealkylation sites (tertiary alicyclic amines) is 1. The summed E-state index contributed by atoms with van der Waals surface area (Å²) in [5.74, 6) is 1.11. The maximum absolute atomic E-state index is 12.6. The highest BCUT2D eigenvalue weighted by Crippen LogP contribution is 2.33. The Kier molecular flexibility index (Phi) is 4.37. The van der Waals surface area contributed by atoms with E-state index in [-0.39, 0.29) is 12.1 Å². The van der Waals surface area contributed by atoms with Crippen LogP contribution in [-0.4, -0.2) is 22.6 Å². The number of carbonyl (C=O) groups excluding carboxylic acids is 1. The van der Waals surface area contributed by atoms with Gasteiger partial charge in [-0.15, -0.1) is 0 Å². The molecule has 5 nitrogen and oxygen atoms in total. The lowest BCUT2D eigenvalue weighted by Crippen LogP contribution is -2.34. The first-order valence-electron chi connectivity index (χ1n) is 8.15. The summed E-state index contributed by atoms with van der Waals surface area (Å²) in [5, 5.41) is 7.10. The lowest BCUT2D eigenvalue weighted by molar-refractivity contribution is 0.195. The quantitative estimate of drug-likeness (QED) is 0.909. The minimum absolute atomic E-state index is 0.0280. The molecule has 5 heteroatoms. The maximum atomic E-state index is 12.6. The van der Waals surface area contributed by atoms with Gasteiger partial charge in [0.05, 0.1) is 11.7 Å². The number of nitrogens with zero attached hydrogens (tertiary/aromatic N) is 2. The second-order valence-corrected chi connectivity index (χ2v) is 6.46. The largest absolute Gasteiger partial charge is 0.359 e. The van der Waals surface area contributed by atoms with Crippen LogP contribution in [0.3, 0.4) is 0 Å². The molecular formula is C18H23N3O2. The monoisotopic (exact) mass is 313 g/mol. The molecule has 23 heavy (non-hydrogen) atoms. The molecule has 1 fully saturated rings. The van der Waals surface area contributed by atoms with Crippen molar-refractivity contribution in [2.75, 3.05) is 11.9 Å². The van der Waals surface area contributed by atoms with Crippen molar-refractivity contribution in [2.24, 2.45) is 0 Å². The van der Waals surface area contributed by atoms with Crippen molar-refractivity contribution in [3.05, 3.63) is 47.3 Å². The van der Waals surface area contributed by atoms with Crippen LogP contribution in [0.5, 0.6) is 0 Å². The SMILES string of the molecule is Cc1cccc(NC(=O)N2CCCC2c2cc(C(C)C)no2)c1. The van der Waals surface area contributed by atoms with Gasteiger partial charge < -0.3 is 14.7 Å². The van der Waals surface area contributed by atoms with Crippen molar-refractivity contribution in [1.82, 2.24) is 10.1 Å². The molecule has 2 aromatic rings. The van der Waals surface area contributed by atoms with Gasteiger partial charge >= 0.3 is 6.03 Å². The molecule has 1 atom stereocenters. The van der Waals surface area contributed by atoms with Gasteiger partial charge in [-0.1, -0.05) is 31.1 Å². The lowest BCUT2D eigenvalue weighted by atomic mass is 10.1. The fraction of sp³-hybridized carbons (Fsp3) is 0.444. The van der Waals surface area contributed by atoms with E-state index >= 15 is 0 Å². The van der Waals surface area contributed by atoms with E-state index < -0.39 is 0 Å². The summed E-state index contributed by atoms with van der Waals surface area (Å²) in [6.07, 6.45) is 1.89. The second-order valence-electron chi connectivity index (χ2n) is 6.46. The smallest absolute Gasteiger partial charge is 0.322 e. The molecule has 0 radical (unpaired) electrons. The third kappa shape index (κ3) is 3.38. The summed E-state index contributed by atoms with van der Waals surface area (Å²) in [6, 6.07) is 9.69. The maximum Gasteiger partial charge on any atom is 0.322 e. The Morgan fingerprint density at radius 3 is 2.91 bits per heavy atom. The van der Waals surface area contributed by atoms with Crippen LogP contribution in [0.15, 0.2) is 34.9 Å². The summed E-state index contributed by atoms with van der Waals surface area (Å²) in [6.45, 7) is 6.91. The van der Waals surface area contributed by atoms with Crippen molar-refractivity contribution in [2.45, 2.75) is 45.6 Å². The fourth-order valence-corrected chi connectivity index (χ4v) is 2.96. The molecule has 0 aliphatic carbocycles. The number of benzene rings is 1. The Labute approximate surface area is 136 Å². The second kappa shape index (κ2) is 6.44. The summed E-state index contributed by atoms with van der Waals surface area (Å²) < 4.78 is 5.49. The number of anilines is 1. The Morgan fingerprint density at radius 2 is 2.22 bits per heavy atom. The Balaban J connectivity index is 1.74. The average molecular weight is 313 g/mol. The Hall–Kier alpha value is -2.30. The van der Waals surface area contributed by atoms with E-state index in [0.717, 1.165) is 42.1 Å². The van der Waals surface area contributed by atoms with Crippen LogP contribution in [0.2, 0.25) is 0 Å². The third-order valence-electron chi connectivity index (χ3n) is 4.25. The van der Waals surface area contributed by atoms with E-state index in [9.17, 15) is 4.79 Å². The van der Waals surface area contributed by atoms with Crippen LogP contribution < -0.4 is 5.32 Å². The van der Waals surface area contributed by atoms with Gasteiger partial charge in [0.15, 0.2) is 5.76 Å². The van der Waals surface area contributed by atoms with Gasteiger partial charge in [0.25, 0.3) is 0 Å². The zero-order valence-corrected chi connectivity index (χ0v) is 13.9. The van der Waals surface area contributed by atoms with E-state index in [1.807, 2.05) is 42.2 Å². The predicted molar refractivity (Wildman–Crippen MR) is 89.5 cm³/mol. The number of nitrogens with one attached hydrogen (secondary N) is 1. The molecule has 1 N–H and O–H groups in total. The van der Waals surface area contributed by atoms with Gasteiger partial charge in [0.1, 0.15) is 0 Å². The highest BCUT2D eigenvalue weighted by Gasteiger charge is 2.33. The van der Waals surface area contributed by atoms with Crippen LogP contribution in [0.1, 0.15) is 55.7 Å². The molecule has 1 aliphatic rings. The molecule has 0 saturated carbocycles.